The standard InChI is InChI=1S/C20H20ClNO2/c21-18-8-4-3-6-16(18)9-10-19(23)22-14-20(24)12-11-15-5-1-2-7-17(15)13-20/h1-10,24H,11-14H2,(H,22,23)/b10-9+/t20-/m0/s1. The summed E-state index contributed by atoms with van der Waals surface area (Å²) in [6.45, 7) is 0.243. The van der Waals surface area contributed by atoms with Gasteiger partial charge >= 0.3 is 0 Å². The number of rotatable bonds is 4. The van der Waals surface area contributed by atoms with E-state index in [1.165, 1.54) is 11.6 Å². The first-order valence-electron chi connectivity index (χ1n) is 8.05. The van der Waals surface area contributed by atoms with E-state index in [1.807, 2.05) is 36.4 Å². The van der Waals surface area contributed by atoms with Crippen LogP contribution in [0.3, 0.4) is 0 Å². The number of amides is 1. The van der Waals surface area contributed by atoms with Crippen LogP contribution < -0.4 is 5.32 Å². The fraction of sp³-hybridized carbons (Fsp3) is 0.250. The maximum atomic E-state index is 12.0. The summed E-state index contributed by atoms with van der Waals surface area (Å²) in [6.07, 6.45) is 5.17. The first kappa shape index (κ1) is 16.7. The highest BCUT2D eigenvalue weighted by molar-refractivity contribution is 6.32. The Morgan fingerprint density at radius 1 is 1.17 bits per heavy atom. The fourth-order valence-electron chi connectivity index (χ4n) is 3.02. The maximum Gasteiger partial charge on any atom is 0.244 e. The molecule has 24 heavy (non-hydrogen) atoms. The van der Waals surface area contributed by atoms with E-state index in [4.69, 9.17) is 11.6 Å². The van der Waals surface area contributed by atoms with Crippen LogP contribution in [-0.4, -0.2) is 23.2 Å². The Balaban J connectivity index is 1.58. The molecule has 1 atom stereocenters. The third-order valence-corrected chi connectivity index (χ3v) is 4.75. The molecule has 1 amide bonds. The van der Waals surface area contributed by atoms with Gasteiger partial charge in [-0.25, -0.2) is 0 Å². The average Bonchev–Trinajstić information content (AvgIpc) is 2.59. The van der Waals surface area contributed by atoms with Crippen molar-refractivity contribution in [2.75, 3.05) is 6.54 Å². The van der Waals surface area contributed by atoms with Crippen molar-refractivity contribution < 1.29 is 9.90 Å². The van der Waals surface area contributed by atoms with Gasteiger partial charge in [-0.2, -0.15) is 0 Å². The van der Waals surface area contributed by atoms with Crippen molar-refractivity contribution in [1.82, 2.24) is 5.32 Å². The third kappa shape index (κ3) is 4.05. The Morgan fingerprint density at radius 2 is 1.88 bits per heavy atom. The van der Waals surface area contributed by atoms with Crippen molar-refractivity contribution in [3.8, 4) is 0 Å². The lowest BCUT2D eigenvalue weighted by molar-refractivity contribution is -0.117. The zero-order valence-corrected chi connectivity index (χ0v) is 14.1. The Morgan fingerprint density at radius 3 is 2.67 bits per heavy atom. The highest BCUT2D eigenvalue weighted by atomic mass is 35.5. The SMILES string of the molecule is O=C(/C=C/c1ccccc1Cl)NC[C@]1(O)CCc2ccccc2C1. The number of hydrogen-bond acceptors (Lipinski definition) is 2. The minimum atomic E-state index is -0.887. The van der Waals surface area contributed by atoms with Crippen molar-refractivity contribution in [2.24, 2.45) is 0 Å². The molecule has 0 radical (unpaired) electrons. The van der Waals surface area contributed by atoms with E-state index in [1.54, 1.807) is 12.1 Å². The van der Waals surface area contributed by atoms with E-state index < -0.39 is 5.60 Å². The normalized spacial score (nSPS) is 19.9. The summed E-state index contributed by atoms with van der Waals surface area (Å²) in [5.41, 5.74) is 2.35. The van der Waals surface area contributed by atoms with Gasteiger partial charge in [0, 0.05) is 24.1 Å². The zero-order chi connectivity index (χ0) is 17.0. The van der Waals surface area contributed by atoms with Gasteiger partial charge in [-0.1, -0.05) is 54.1 Å². The number of carbonyl (C=O) groups excluding carboxylic acids is 1. The molecule has 0 fully saturated rings. The number of carbonyl (C=O) groups is 1. The van der Waals surface area contributed by atoms with Crippen molar-refractivity contribution in [1.29, 1.82) is 0 Å². The minimum Gasteiger partial charge on any atom is -0.388 e. The number of aryl methyl sites for hydroxylation is 1. The van der Waals surface area contributed by atoms with Gasteiger partial charge in [0.25, 0.3) is 0 Å². The number of nitrogens with one attached hydrogen (secondary N) is 1. The summed E-state index contributed by atoms with van der Waals surface area (Å²) in [5.74, 6) is -0.234. The second-order valence-corrected chi connectivity index (χ2v) is 6.65. The molecule has 0 saturated carbocycles. The molecule has 2 aromatic rings. The first-order valence-corrected chi connectivity index (χ1v) is 8.43. The van der Waals surface area contributed by atoms with Gasteiger partial charge in [-0.15, -0.1) is 0 Å². The molecule has 0 unspecified atom stereocenters. The van der Waals surface area contributed by atoms with Crippen LogP contribution in [0, 0.1) is 0 Å². The number of aliphatic hydroxyl groups is 1. The Bertz CT molecular complexity index is 772. The van der Waals surface area contributed by atoms with Crippen LogP contribution in [0.5, 0.6) is 0 Å². The van der Waals surface area contributed by atoms with E-state index in [2.05, 4.69) is 11.4 Å². The van der Waals surface area contributed by atoms with Crippen LogP contribution in [-0.2, 0) is 17.6 Å². The van der Waals surface area contributed by atoms with E-state index in [0.717, 1.165) is 17.5 Å². The van der Waals surface area contributed by atoms with Gasteiger partial charge < -0.3 is 10.4 Å². The second kappa shape index (κ2) is 7.20. The Kier molecular flexibility index (Phi) is 5.03. The molecule has 0 aromatic heterocycles. The first-order chi connectivity index (χ1) is 11.6. The van der Waals surface area contributed by atoms with Crippen LogP contribution in [0.15, 0.2) is 54.6 Å². The molecule has 1 aliphatic carbocycles. The van der Waals surface area contributed by atoms with Crippen LogP contribution in [0.2, 0.25) is 5.02 Å². The summed E-state index contributed by atoms with van der Waals surface area (Å²) in [7, 11) is 0. The maximum absolute atomic E-state index is 12.0. The molecule has 2 N–H and O–H groups in total. The van der Waals surface area contributed by atoms with Crippen molar-refractivity contribution >= 4 is 23.6 Å². The molecule has 1 aliphatic rings. The van der Waals surface area contributed by atoms with Gasteiger partial charge in [-0.3, -0.25) is 4.79 Å². The Labute approximate surface area is 147 Å². The molecule has 0 aliphatic heterocycles. The highest BCUT2D eigenvalue weighted by Crippen LogP contribution is 2.28. The van der Waals surface area contributed by atoms with E-state index in [9.17, 15) is 9.90 Å². The van der Waals surface area contributed by atoms with Crippen molar-refractivity contribution in [3.63, 3.8) is 0 Å². The van der Waals surface area contributed by atoms with Crippen LogP contribution in [0.25, 0.3) is 6.08 Å². The van der Waals surface area contributed by atoms with Gasteiger partial charge in [0.05, 0.1) is 5.60 Å². The summed E-state index contributed by atoms with van der Waals surface area (Å²) in [5, 5.41) is 14.1. The number of benzene rings is 2. The fourth-order valence-corrected chi connectivity index (χ4v) is 3.22. The zero-order valence-electron chi connectivity index (χ0n) is 13.3. The van der Waals surface area contributed by atoms with E-state index >= 15 is 0 Å². The number of halogens is 1. The summed E-state index contributed by atoms with van der Waals surface area (Å²) in [4.78, 5) is 12.0. The predicted octanol–water partition coefficient (Wildman–Crippen LogP) is 3.39. The molecule has 0 saturated heterocycles. The van der Waals surface area contributed by atoms with Crippen molar-refractivity contribution in [3.05, 3.63) is 76.3 Å². The lowest BCUT2D eigenvalue weighted by atomic mass is 9.80. The number of hydrogen-bond donors (Lipinski definition) is 2. The van der Waals surface area contributed by atoms with Gasteiger partial charge in [0.15, 0.2) is 0 Å². The molecule has 0 spiro atoms. The van der Waals surface area contributed by atoms with E-state index in [-0.39, 0.29) is 12.5 Å². The Hall–Kier alpha value is -2.10. The monoisotopic (exact) mass is 341 g/mol. The highest BCUT2D eigenvalue weighted by Gasteiger charge is 2.32. The van der Waals surface area contributed by atoms with Crippen LogP contribution >= 0.6 is 11.6 Å². The molecule has 0 heterocycles. The average molecular weight is 342 g/mol. The second-order valence-electron chi connectivity index (χ2n) is 6.24. The smallest absolute Gasteiger partial charge is 0.244 e. The largest absolute Gasteiger partial charge is 0.388 e. The lowest BCUT2D eigenvalue weighted by Gasteiger charge is -2.33. The molecular weight excluding hydrogens is 322 g/mol. The van der Waals surface area contributed by atoms with Crippen LogP contribution in [0.1, 0.15) is 23.1 Å². The molecule has 124 valence electrons. The van der Waals surface area contributed by atoms with Gasteiger partial charge in [0.2, 0.25) is 5.91 Å². The molecule has 2 aromatic carbocycles. The quantitative estimate of drug-likeness (QED) is 0.837. The molecule has 3 rings (SSSR count). The summed E-state index contributed by atoms with van der Waals surface area (Å²) < 4.78 is 0. The molecule has 0 bridgehead atoms. The molecular formula is C20H20ClNO2. The molecule has 3 nitrogen and oxygen atoms in total. The molecule has 4 heteroatoms. The minimum absolute atomic E-state index is 0.234. The summed E-state index contributed by atoms with van der Waals surface area (Å²) >= 11 is 6.05. The summed E-state index contributed by atoms with van der Waals surface area (Å²) in [6, 6.07) is 15.5. The van der Waals surface area contributed by atoms with Gasteiger partial charge in [-0.05, 0) is 41.7 Å². The van der Waals surface area contributed by atoms with Crippen molar-refractivity contribution in [2.45, 2.75) is 24.9 Å². The predicted molar refractivity (Wildman–Crippen MR) is 96.9 cm³/mol. The van der Waals surface area contributed by atoms with E-state index in [0.29, 0.717) is 17.9 Å². The third-order valence-electron chi connectivity index (χ3n) is 4.41. The van der Waals surface area contributed by atoms with Crippen LogP contribution in [0.4, 0.5) is 0 Å². The lowest BCUT2D eigenvalue weighted by Crippen LogP contribution is -2.46. The van der Waals surface area contributed by atoms with Gasteiger partial charge in [0.1, 0.15) is 0 Å². The number of fused-ring (bicyclic) bond motifs is 1. The topological polar surface area (TPSA) is 49.3 Å².